The average Bonchev–Trinajstić information content (AvgIpc) is 3.26. The Morgan fingerprint density at radius 1 is 1.12 bits per heavy atom. The summed E-state index contributed by atoms with van der Waals surface area (Å²) in [4.78, 5) is 40.6. The van der Waals surface area contributed by atoms with Gasteiger partial charge in [-0.25, -0.2) is 19.9 Å². The van der Waals surface area contributed by atoms with Crippen LogP contribution in [0.3, 0.4) is 0 Å². The van der Waals surface area contributed by atoms with Gasteiger partial charge in [-0.15, -0.1) is 11.3 Å². The number of aliphatic hydroxyl groups excluding tert-OH is 1. The minimum atomic E-state index is -4.70. The molecule has 0 unspecified atom stereocenters. The second-order valence-corrected chi connectivity index (χ2v) is 8.48. The molecule has 0 radical (unpaired) electrons. The molecule has 34 heavy (non-hydrogen) atoms. The molecule has 9 nitrogen and oxygen atoms in total. The molecule has 0 aliphatic rings. The lowest BCUT2D eigenvalue weighted by Gasteiger charge is -2.10. The molecule has 3 N–H and O–H groups in total. The maximum Gasteiger partial charge on any atom is 0.418 e. The van der Waals surface area contributed by atoms with E-state index in [1.165, 1.54) is 12.5 Å². The summed E-state index contributed by atoms with van der Waals surface area (Å²) in [5, 5.41) is 13.8. The molecule has 0 aromatic carbocycles. The van der Waals surface area contributed by atoms with E-state index in [0.29, 0.717) is 11.1 Å². The van der Waals surface area contributed by atoms with Crippen LogP contribution < -0.4 is 10.6 Å². The van der Waals surface area contributed by atoms with Gasteiger partial charge in [-0.1, -0.05) is 23.2 Å². The predicted molar refractivity (Wildman–Crippen MR) is 120 cm³/mol. The van der Waals surface area contributed by atoms with Crippen LogP contribution in [0.4, 0.5) is 24.8 Å². The Morgan fingerprint density at radius 2 is 1.88 bits per heavy atom. The van der Waals surface area contributed by atoms with Crippen LogP contribution in [-0.4, -0.2) is 49.9 Å². The zero-order valence-corrected chi connectivity index (χ0v) is 19.3. The zero-order chi connectivity index (χ0) is 24.9. The second kappa shape index (κ2) is 11.0. The van der Waals surface area contributed by atoms with Crippen molar-refractivity contribution in [2.45, 2.75) is 19.0 Å². The second-order valence-electron chi connectivity index (χ2n) is 6.58. The summed E-state index contributed by atoms with van der Waals surface area (Å²) < 4.78 is 38.9. The van der Waals surface area contributed by atoms with E-state index in [0.717, 1.165) is 17.5 Å². The Hall–Kier alpha value is -2.87. The van der Waals surface area contributed by atoms with Gasteiger partial charge in [0.1, 0.15) is 33.6 Å². The van der Waals surface area contributed by atoms with Gasteiger partial charge >= 0.3 is 6.18 Å². The number of thiazole rings is 1. The highest BCUT2D eigenvalue weighted by Gasteiger charge is 2.34. The number of hydrogen-bond donors (Lipinski definition) is 3. The van der Waals surface area contributed by atoms with Gasteiger partial charge in [-0.05, 0) is 6.07 Å². The number of ketones is 1. The molecular weight excluding hydrogens is 520 g/mol. The average molecular weight is 535 g/mol. The maximum atomic E-state index is 13.0. The highest BCUT2D eigenvalue weighted by molar-refractivity contribution is 7.13. The number of aryl methyl sites for hydroxylation is 1. The predicted octanol–water partition coefficient (Wildman–Crippen LogP) is 4.13. The van der Waals surface area contributed by atoms with Crippen molar-refractivity contribution in [2.75, 3.05) is 23.8 Å². The maximum absolute atomic E-state index is 13.0. The zero-order valence-electron chi connectivity index (χ0n) is 17.0. The normalized spacial score (nSPS) is 11.4. The van der Waals surface area contributed by atoms with Crippen LogP contribution in [0.15, 0.2) is 24.8 Å². The van der Waals surface area contributed by atoms with E-state index in [9.17, 15) is 22.8 Å². The molecule has 0 bridgehead atoms. The number of aromatic nitrogens is 4. The number of pyridine rings is 1. The van der Waals surface area contributed by atoms with Crippen molar-refractivity contribution in [2.24, 2.45) is 0 Å². The van der Waals surface area contributed by atoms with Crippen molar-refractivity contribution in [1.82, 2.24) is 19.9 Å². The Bertz CT molecular complexity index is 1210. The van der Waals surface area contributed by atoms with Crippen molar-refractivity contribution < 1.29 is 27.9 Å². The minimum absolute atomic E-state index is 0.000843. The summed E-state index contributed by atoms with van der Waals surface area (Å²) in [6, 6.07) is 0.635. The number of hydrogen-bond acceptors (Lipinski definition) is 9. The number of rotatable bonds is 9. The first-order chi connectivity index (χ1) is 16.1. The van der Waals surface area contributed by atoms with Gasteiger partial charge in [0.2, 0.25) is 0 Å². The van der Waals surface area contributed by atoms with Crippen LogP contribution in [0.1, 0.15) is 37.2 Å². The van der Waals surface area contributed by atoms with E-state index in [2.05, 4.69) is 30.6 Å². The number of nitrogens with one attached hydrogen (secondary N) is 2. The van der Waals surface area contributed by atoms with Crippen molar-refractivity contribution in [3.8, 4) is 0 Å². The van der Waals surface area contributed by atoms with Crippen LogP contribution in [0, 0.1) is 0 Å². The first-order valence-corrected chi connectivity index (χ1v) is 11.0. The lowest BCUT2D eigenvalue weighted by Crippen LogP contribution is -2.13. The Morgan fingerprint density at radius 3 is 2.59 bits per heavy atom. The molecule has 0 aliphatic heterocycles. The number of carbonyl (C=O) groups excluding carboxylic acids is 2. The smallest absolute Gasteiger partial charge is 0.395 e. The molecule has 0 fully saturated rings. The van der Waals surface area contributed by atoms with Crippen LogP contribution in [0.2, 0.25) is 10.0 Å². The van der Waals surface area contributed by atoms with Gasteiger partial charge in [0, 0.05) is 25.6 Å². The van der Waals surface area contributed by atoms with Gasteiger partial charge in [-0.3, -0.25) is 9.59 Å². The largest absolute Gasteiger partial charge is 0.418 e. The van der Waals surface area contributed by atoms with Crippen LogP contribution in [0.5, 0.6) is 0 Å². The van der Waals surface area contributed by atoms with Crippen molar-refractivity contribution in [1.29, 1.82) is 0 Å². The molecule has 3 heterocycles. The lowest BCUT2D eigenvalue weighted by atomic mass is 10.1. The van der Waals surface area contributed by atoms with Crippen molar-refractivity contribution in [3.05, 3.63) is 56.0 Å². The summed E-state index contributed by atoms with van der Waals surface area (Å²) in [6.45, 7) is 0.0402. The molecular formula is C19H15Cl2F3N6O3S. The number of nitrogens with zero attached hydrogens (tertiary/aromatic N) is 4. The van der Waals surface area contributed by atoms with Crippen molar-refractivity contribution >= 4 is 57.9 Å². The van der Waals surface area contributed by atoms with Gasteiger partial charge in [0.25, 0.3) is 5.91 Å². The third kappa shape index (κ3) is 6.38. The lowest BCUT2D eigenvalue weighted by molar-refractivity contribution is -0.137. The van der Waals surface area contributed by atoms with Gasteiger partial charge in [0.05, 0.1) is 28.4 Å². The molecule has 3 aromatic rings. The van der Waals surface area contributed by atoms with Crippen molar-refractivity contribution in [3.63, 3.8) is 0 Å². The van der Waals surface area contributed by atoms with E-state index in [1.807, 2.05) is 0 Å². The monoisotopic (exact) mass is 534 g/mol. The number of anilines is 2. The molecule has 0 saturated carbocycles. The fourth-order valence-electron chi connectivity index (χ4n) is 2.63. The van der Waals surface area contributed by atoms with Crippen LogP contribution >= 0.6 is 34.5 Å². The summed E-state index contributed by atoms with van der Waals surface area (Å²) in [5.74, 6) is -1.20. The number of carbonyl (C=O) groups is 2. The van der Waals surface area contributed by atoms with E-state index < -0.39 is 22.7 Å². The summed E-state index contributed by atoms with van der Waals surface area (Å²) in [5.41, 5.74) is -1.12. The van der Waals surface area contributed by atoms with E-state index >= 15 is 0 Å². The minimum Gasteiger partial charge on any atom is -0.395 e. The van der Waals surface area contributed by atoms with E-state index in [1.54, 1.807) is 0 Å². The third-order valence-electron chi connectivity index (χ3n) is 4.20. The number of alkyl halides is 3. The topological polar surface area (TPSA) is 130 Å². The van der Waals surface area contributed by atoms with Gasteiger partial charge in [-0.2, -0.15) is 13.2 Å². The Balaban J connectivity index is 1.63. The molecule has 0 saturated heterocycles. The van der Waals surface area contributed by atoms with Crippen LogP contribution in [0.25, 0.3) is 0 Å². The molecule has 0 aliphatic carbocycles. The number of amides is 1. The highest BCUT2D eigenvalue weighted by Crippen LogP contribution is 2.35. The number of halogens is 5. The number of Topliss-reactive ketones (excluding diaryl/α,β-unsaturated/α-hetero) is 1. The standard InChI is InChI=1S/C19H15Cl2F3N6O3S/c20-10-6-26-13(5-9(10)19(22,23)24)30-18(33)12-7-27-14(34-12)2-1-11(32)16-15(21)17(25-3-4-31)29-8-28-16/h5-8,31H,1-4H2,(H,25,28,29)(H,26,30,33). The molecule has 3 aromatic heterocycles. The van der Waals surface area contributed by atoms with Gasteiger partial charge in [0.15, 0.2) is 5.78 Å². The Kier molecular flexibility index (Phi) is 8.36. The molecule has 15 heteroatoms. The molecule has 1 amide bonds. The first kappa shape index (κ1) is 25.7. The van der Waals surface area contributed by atoms with Crippen LogP contribution in [-0.2, 0) is 12.6 Å². The Labute approximate surface area is 204 Å². The highest BCUT2D eigenvalue weighted by atomic mass is 35.5. The van der Waals surface area contributed by atoms with Gasteiger partial charge < -0.3 is 15.7 Å². The SMILES string of the molecule is O=C(Nc1cc(C(F)(F)F)c(Cl)cn1)c1cnc(CCC(=O)c2ncnc(NCCO)c2Cl)s1. The van der Waals surface area contributed by atoms with E-state index in [4.69, 9.17) is 28.3 Å². The fraction of sp³-hybridized carbons (Fsp3) is 0.263. The fourth-order valence-corrected chi connectivity index (χ4v) is 3.93. The quantitative estimate of drug-likeness (QED) is 0.349. The third-order valence-corrected chi connectivity index (χ3v) is 5.92. The first-order valence-electron chi connectivity index (χ1n) is 9.47. The summed E-state index contributed by atoms with van der Waals surface area (Å²) >= 11 is 12.6. The molecule has 0 spiro atoms. The molecule has 0 atom stereocenters. The molecule has 3 rings (SSSR count). The molecule has 180 valence electrons. The summed E-state index contributed by atoms with van der Waals surface area (Å²) in [6.07, 6.45) is -1.33. The van der Waals surface area contributed by atoms with E-state index in [-0.39, 0.29) is 59.0 Å². The number of aliphatic hydroxyl groups is 1. The summed E-state index contributed by atoms with van der Waals surface area (Å²) in [7, 11) is 0.